The Bertz CT molecular complexity index is 3690. The van der Waals surface area contributed by atoms with Crippen LogP contribution >= 0.6 is 0 Å². The van der Waals surface area contributed by atoms with Crippen LogP contribution in [0.4, 0.5) is 45.5 Å². The summed E-state index contributed by atoms with van der Waals surface area (Å²) in [4.78, 5) is 12.5. The van der Waals surface area contributed by atoms with Crippen molar-refractivity contribution in [3.8, 4) is 33.4 Å². The lowest BCUT2D eigenvalue weighted by molar-refractivity contribution is 0.195. The van der Waals surface area contributed by atoms with Gasteiger partial charge in [-0.2, -0.15) is 0 Å². The van der Waals surface area contributed by atoms with E-state index < -0.39 is 0 Å². The molecule has 1 aliphatic carbocycles. The van der Waals surface area contributed by atoms with Crippen molar-refractivity contribution in [2.45, 2.75) is 110 Å². The normalized spacial score (nSPS) is 18.5. The van der Waals surface area contributed by atoms with Crippen molar-refractivity contribution in [1.82, 2.24) is 4.98 Å². The van der Waals surface area contributed by atoms with E-state index in [1.807, 2.05) is 12.4 Å². The van der Waals surface area contributed by atoms with E-state index in [9.17, 15) is 0 Å². The van der Waals surface area contributed by atoms with Crippen LogP contribution in [-0.2, 0) is 16.2 Å². The van der Waals surface area contributed by atoms with Gasteiger partial charge in [0.2, 0.25) is 0 Å². The third-order valence-corrected chi connectivity index (χ3v) is 17.8. The highest BCUT2D eigenvalue weighted by Gasteiger charge is 2.58. The summed E-state index contributed by atoms with van der Waals surface area (Å²) in [5.74, 6) is 0. The summed E-state index contributed by atoms with van der Waals surface area (Å²) in [5.41, 5.74) is 26.2. The first kappa shape index (κ1) is 47.1. The second kappa shape index (κ2) is 17.2. The Labute approximate surface area is 445 Å². The number of fused-ring (bicyclic) bond motifs is 7. The number of aromatic nitrogens is 1. The third-order valence-electron chi connectivity index (χ3n) is 17.8. The second-order valence-corrected chi connectivity index (χ2v) is 24.5. The van der Waals surface area contributed by atoms with E-state index in [0.29, 0.717) is 0 Å². The van der Waals surface area contributed by atoms with Crippen LogP contribution in [0, 0.1) is 6.92 Å². The topological polar surface area (TPSA) is 22.6 Å². The molecule has 0 amide bonds. The molecular formula is C70H67BN4. The van der Waals surface area contributed by atoms with Crippen LogP contribution in [0.25, 0.3) is 33.4 Å². The van der Waals surface area contributed by atoms with Crippen molar-refractivity contribution in [2.75, 3.05) is 14.7 Å². The highest BCUT2D eigenvalue weighted by atomic mass is 15.3. The molecule has 13 rings (SSSR count). The van der Waals surface area contributed by atoms with E-state index in [-0.39, 0.29) is 28.5 Å². The molecule has 4 nitrogen and oxygen atoms in total. The average Bonchev–Trinajstić information content (AvgIpc) is 3.63. The van der Waals surface area contributed by atoms with Crippen molar-refractivity contribution in [3.63, 3.8) is 0 Å². The van der Waals surface area contributed by atoms with Gasteiger partial charge in [0.05, 0.1) is 11.2 Å². The van der Waals surface area contributed by atoms with E-state index in [1.54, 1.807) is 0 Å². The molecule has 0 spiro atoms. The standard InChI is InChI=1S/C70H67BN4/c1-46-39-64-66-65(40-46)74(60-35-28-53(68(5,6)7)43-56(60)48-21-14-11-15-22-48)62-34-25-50(47-19-12-10-13-20-47)42-59(62)71(66)58-32-31-55(44-63(58)73(64)54-29-26-52(27-30-54)67(2,3)4)75-61-33-24-49(51-23-18-38-72-45-51)41-57(61)69(8)36-16-17-37-70(69,75)9/h10-15,18-35,38-45H,16-17,36-37H2,1-9H3. The molecular weight excluding hydrogens is 908 g/mol. The Morgan fingerprint density at radius 2 is 1.08 bits per heavy atom. The molecule has 2 atom stereocenters. The minimum Gasteiger partial charge on any atom is -0.334 e. The largest absolute Gasteiger partial charge is 0.334 e. The molecule has 4 aliphatic rings. The van der Waals surface area contributed by atoms with E-state index in [4.69, 9.17) is 0 Å². The molecule has 0 bridgehead atoms. The Morgan fingerprint density at radius 1 is 0.467 bits per heavy atom. The predicted molar refractivity (Wildman–Crippen MR) is 320 cm³/mol. The number of pyridine rings is 1. The van der Waals surface area contributed by atoms with E-state index in [0.717, 1.165) is 18.4 Å². The smallest absolute Gasteiger partial charge is 0.252 e. The van der Waals surface area contributed by atoms with Crippen LogP contribution in [0.15, 0.2) is 194 Å². The van der Waals surface area contributed by atoms with E-state index in [2.05, 4.69) is 264 Å². The summed E-state index contributed by atoms with van der Waals surface area (Å²) in [6, 6.07) is 69.8. The van der Waals surface area contributed by atoms with Crippen LogP contribution in [-0.4, -0.2) is 17.2 Å². The highest BCUT2D eigenvalue weighted by molar-refractivity contribution is 7.00. The van der Waals surface area contributed by atoms with Crippen LogP contribution in [0.2, 0.25) is 0 Å². The summed E-state index contributed by atoms with van der Waals surface area (Å²) in [7, 11) is 0. The average molecular weight is 975 g/mol. The van der Waals surface area contributed by atoms with Crippen molar-refractivity contribution in [3.05, 3.63) is 217 Å². The van der Waals surface area contributed by atoms with Crippen LogP contribution in [0.5, 0.6) is 0 Å². The predicted octanol–water partition coefficient (Wildman–Crippen LogP) is 16.8. The maximum absolute atomic E-state index is 4.53. The Balaban J connectivity index is 1.08. The molecule has 4 heterocycles. The first-order valence-electron chi connectivity index (χ1n) is 27.3. The molecule has 1 aromatic heterocycles. The first-order chi connectivity index (χ1) is 36.1. The van der Waals surface area contributed by atoms with Gasteiger partial charge in [-0.05, 0) is 177 Å². The molecule has 0 N–H and O–H groups in total. The Hall–Kier alpha value is -7.63. The molecule has 75 heavy (non-hydrogen) atoms. The van der Waals surface area contributed by atoms with Gasteiger partial charge in [-0.25, -0.2) is 0 Å². The molecule has 8 aromatic carbocycles. The van der Waals surface area contributed by atoms with Gasteiger partial charge in [0.15, 0.2) is 0 Å². The third kappa shape index (κ3) is 7.43. The van der Waals surface area contributed by atoms with Crippen molar-refractivity contribution in [2.24, 2.45) is 0 Å². The van der Waals surface area contributed by atoms with Gasteiger partial charge in [-0.15, -0.1) is 0 Å². The minimum atomic E-state index is -0.133. The fourth-order valence-electron chi connectivity index (χ4n) is 13.6. The zero-order valence-electron chi connectivity index (χ0n) is 45.2. The van der Waals surface area contributed by atoms with E-state index >= 15 is 0 Å². The first-order valence-corrected chi connectivity index (χ1v) is 27.3. The van der Waals surface area contributed by atoms with Crippen molar-refractivity contribution in [1.29, 1.82) is 0 Å². The van der Waals surface area contributed by atoms with E-state index in [1.165, 1.54) is 125 Å². The number of anilines is 8. The fraction of sp³-hybridized carbons (Fsp3) is 0.243. The zero-order valence-corrected chi connectivity index (χ0v) is 45.2. The Morgan fingerprint density at radius 3 is 1.77 bits per heavy atom. The lowest BCUT2D eigenvalue weighted by Crippen LogP contribution is -2.61. The van der Waals surface area contributed by atoms with Crippen LogP contribution in [0.3, 0.4) is 0 Å². The lowest BCUT2D eigenvalue weighted by Gasteiger charge is -2.50. The van der Waals surface area contributed by atoms with Gasteiger partial charge in [-0.3, -0.25) is 4.98 Å². The van der Waals surface area contributed by atoms with Crippen LogP contribution in [0.1, 0.15) is 103 Å². The molecule has 5 heteroatoms. The van der Waals surface area contributed by atoms with Gasteiger partial charge in [0.25, 0.3) is 6.71 Å². The summed E-state index contributed by atoms with van der Waals surface area (Å²) in [6.07, 6.45) is 8.59. The van der Waals surface area contributed by atoms with Crippen molar-refractivity contribution >= 4 is 68.6 Å². The molecule has 1 saturated carbocycles. The van der Waals surface area contributed by atoms with Gasteiger partial charge < -0.3 is 14.7 Å². The SMILES string of the molecule is Cc1cc2c3c(c1)N(c1ccc(C(C)(C)C)cc1-c1ccccc1)c1ccc(-c4ccccc4)cc1B3c1ccc(N3c4ccc(-c5cccnc5)cc4C4(C)CCCCC34C)cc1N2c1ccc(C(C)(C)C)cc1. The maximum Gasteiger partial charge on any atom is 0.252 e. The molecule has 3 aliphatic heterocycles. The number of nitrogens with zero attached hydrogens (tertiary/aromatic N) is 4. The second-order valence-electron chi connectivity index (χ2n) is 24.5. The number of hydrogen-bond acceptors (Lipinski definition) is 4. The monoisotopic (exact) mass is 975 g/mol. The summed E-state index contributed by atoms with van der Waals surface area (Å²) in [5, 5.41) is 0. The quantitative estimate of drug-likeness (QED) is 0.155. The molecule has 1 fully saturated rings. The van der Waals surface area contributed by atoms with Gasteiger partial charge >= 0.3 is 0 Å². The summed E-state index contributed by atoms with van der Waals surface area (Å²) in [6.45, 7) is 21.2. The molecule has 0 saturated heterocycles. The molecule has 0 radical (unpaired) electrons. The summed E-state index contributed by atoms with van der Waals surface area (Å²) < 4.78 is 0. The lowest BCUT2D eigenvalue weighted by atomic mass is 9.33. The highest BCUT2D eigenvalue weighted by Crippen LogP contribution is 2.62. The number of benzene rings is 8. The number of rotatable bonds is 6. The van der Waals surface area contributed by atoms with Gasteiger partial charge in [-0.1, -0.05) is 171 Å². The molecule has 9 aromatic rings. The number of aryl methyl sites for hydroxylation is 1. The zero-order chi connectivity index (χ0) is 51.6. The number of hydrogen-bond donors (Lipinski definition) is 0. The maximum atomic E-state index is 4.53. The summed E-state index contributed by atoms with van der Waals surface area (Å²) >= 11 is 0. The Kier molecular flexibility index (Phi) is 10.8. The molecule has 2 unspecified atom stereocenters. The molecule has 370 valence electrons. The van der Waals surface area contributed by atoms with Gasteiger partial charge in [0.1, 0.15) is 0 Å². The van der Waals surface area contributed by atoms with Crippen molar-refractivity contribution < 1.29 is 0 Å². The van der Waals surface area contributed by atoms with Gasteiger partial charge in [0, 0.05) is 63.2 Å². The fourth-order valence-corrected chi connectivity index (χ4v) is 13.6. The van der Waals surface area contributed by atoms with Crippen LogP contribution < -0.4 is 31.1 Å². The minimum absolute atomic E-state index is 0.0148.